The van der Waals surface area contributed by atoms with Crippen LogP contribution < -0.4 is 5.32 Å². The van der Waals surface area contributed by atoms with E-state index < -0.39 is 17.0 Å². The van der Waals surface area contributed by atoms with Crippen molar-refractivity contribution in [2.75, 3.05) is 5.32 Å². The highest BCUT2D eigenvalue weighted by atomic mass is 19.2. The Morgan fingerprint density at radius 2 is 1.82 bits per heavy atom. The molecular weight excluding hydrogens is 224 g/mol. The third-order valence-corrected chi connectivity index (χ3v) is 2.98. The molecule has 0 aromatic heterocycles. The second-order valence-electron chi connectivity index (χ2n) is 5.38. The van der Waals surface area contributed by atoms with Gasteiger partial charge in [0, 0.05) is 6.42 Å². The van der Waals surface area contributed by atoms with Gasteiger partial charge in [-0.15, -0.1) is 0 Å². The van der Waals surface area contributed by atoms with Crippen molar-refractivity contribution in [3.8, 4) is 0 Å². The van der Waals surface area contributed by atoms with Crippen LogP contribution in [0, 0.1) is 11.6 Å². The van der Waals surface area contributed by atoms with Gasteiger partial charge in [0.2, 0.25) is 5.91 Å². The largest absolute Gasteiger partial charge is 0.323 e. The first-order valence-corrected chi connectivity index (χ1v) is 5.62. The molecule has 1 N–H and O–H groups in total. The number of carbonyl (C=O) groups excluding carboxylic acids is 1. The monoisotopic (exact) mass is 239 g/mol. The van der Waals surface area contributed by atoms with Crippen LogP contribution in [0.5, 0.6) is 0 Å². The summed E-state index contributed by atoms with van der Waals surface area (Å²) in [6.07, 6.45) is 0.781. The highest BCUT2D eigenvalue weighted by molar-refractivity contribution is 5.94. The standard InChI is InChI=1S/C13H15F2NO/c1-13(2,3)8-6-7-4-5-9(17)16-12(7)11(15)10(8)14/h6H,4-5H2,1-3H3,(H,16,17). The average Bonchev–Trinajstić information content (AvgIpc) is 2.22. The first-order valence-electron chi connectivity index (χ1n) is 5.62. The topological polar surface area (TPSA) is 29.1 Å². The number of hydrogen-bond acceptors (Lipinski definition) is 1. The number of anilines is 1. The van der Waals surface area contributed by atoms with Gasteiger partial charge in [0.05, 0.1) is 5.69 Å². The molecule has 0 unspecified atom stereocenters. The third-order valence-electron chi connectivity index (χ3n) is 2.98. The molecule has 1 aliphatic heterocycles. The van der Waals surface area contributed by atoms with Gasteiger partial charge in [-0.3, -0.25) is 4.79 Å². The summed E-state index contributed by atoms with van der Waals surface area (Å²) in [5.74, 6) is -2.07. The van der Waals surface area contributed by atoms with Gasteiger partial charge in [-0.2, -0.15) is 0 Å². The van der Waals surface area contributed by atoms with E-state index in [-0.39, 0.29) is 11.6 Å². The number of benzene rings is 1. The number of aryl methyl sites for hydroxylation is 1. The van der Waals surface area contributed by atoms with Gasteiger partial charge >= 0.3 is 0 Å². The van der Waals surface area contributed by atoms with Crippen molar-refractivity contribution in [1.29, 1.82) is 0 Å². The molecule has 1 amide bonds. The number of rotatable bonds is 0. The smallest absolute Gasteiger partial charge is 0.224 e. The van der Waals surface area contributed by atoms with Crippen LogP contribution in [0.4, 0.5) is 14.5 Å². The minimum Gasteiger partial charge on any atom is -0.323 e. The molecule has 0 aliphatic carbocycles. The molecule has 0 fully saturated rings. The average molecular weight is 239 g/mol. The molecule has 1 heterocycles. The molecule has 1 aromatic carbocycles. The molecule has 4 heteroatoms. The van der Waals surface area contributed by atoms with Gasteiger partial charge in [0.25, 0.3) is 0 Å². The molecule has 17 heavy (non-hydrogen) atoms. The van der Waals surface area contributed by atoms with Crippen LogP contribution in [-0.2, 0) is 16.6 Å². The minimum atomic E-state index is -0.944. The molecular formula is C13H15F2NO. The summed E-state index contributed by atoms with van der Waals surface area (Å²) in [7, 11) is 0. The van der Waals surface area contributed by atoms with E-state index in [1.165, 1.54) is 0 Å². The molecule has 0 spiro atoms. The van der Waals surface area contributed by atoms with Crippen LogP contribution in [0.15, 0.2) is 6.07 Å². The van der Waals surface area contributed by atoms with Gasteiger partial charge in [0.15, 0.2) is 11.6 Å². The fourth-order valence-corrected chi connectivity index (χ4v) is 2.01. The number of nitrogens with one attached hydrogen (secondary N) is 1. The van der Waals surface area contributed by atoms with E-state index in [1.54, 1.807) is 6.07 Å². The molecule has 0 saturated heterocycles. The summed E-state index contributed by atoms with van der Waals surface area (Å²) in [5.41, 5.74) is 0.576. The number of halogens is 2. The number of fused-ring (bicyclic) bond motifs is 1. The third kappa shape index (κ3) is 2.04. The Morgan fingerprint density at radius 1 is 1.18 bits per heavy atom. The van der Waals surface area contributed by atoms with Gasteiger partial charge in [-0.1, -0.05) is 26.8 Å². The molecule has 1 aliphatic rings. The minimum absolute atomic E-state index is 0.00625. The summed E-state index contributed by atoms with van der Waals surface area (Å²) >= 11 is 0. The molecule has 0 saturated carbocycles. The maximum absolute atomic E-state index is 13.9. The predicted molar refractivity (Wildman–Crippen MR) is 62.0 cm³/mol. The van der Waals surface area contributed by atoms with Crippen molar-refractivity contribution in [2.45, 2.75) is 39.0 Å². The summed E-state index contributed by atoms with van der Waals surface area (Å²) in [4.78, 5) is 11.2. The molecule has 92 valence electrons. The van der Waals surface area contributed by atoms with Crippen LogP contribution in [0.25, 0.3) is 0 Å². The van der Waals surface area contributed by atoms with Crippen molar-refractivity contribution in [3.63, 3.8) is 0 Å². The Bertz CT molecular complexity index is 489. The van der Waals surface area contributed by atoms with Crippen LogP contribution in [0.1, 0.15) is 38.3 Å². The summed E-state index contributed by atoms with van der Waals surface area (Å²) in [5, 5.41) is 2.39. The zero-order valence-corrected chi connectivity index (χ0v) is 10.2. The van der Waals surface area contributed by atoms with Crippen molar-refractivity contribution in [2.24, 2.45) is 0 Å². The fraction of sp³-hybridized carbons (Fsp3) is 0.462. The summed E-state index contributed by atoms with van der Waals surface area (Å²) < 4.78 is 27.7. The lowest BCUT2D eigenvalue weighted by Gasteiger charge is -2.25. The SMILES string of the molecule is CC(C)(C)c1cc2c(c(F)c1F)NC(=O)CC2. The quantitative estimate of drug-likeness (QED) is 0.740. The summed E-state index contributed by atoms with van der Waals surface area (Å²) in [6.45, 7) is 5.50. The second-order valence-corrected chi connectivity index (χ2v) is 5.38. The van der Waals surface area contributed by atoms with Crippen molar-refractivity contribution < 1.29 is 13.6 Å². The normalized spacial score (nSPS) is 15.5. The zero-order valence-electron chi connectivity index (χ0n) is 10.2. The molecule has 0 atom stereocenters. The molecule has 1 aromatic rings. The molecule has 0 radical (unpaired) electrons. The highest BCUT2D eigenvalue weighted by Gasteiger charge is 2.28. The van der Waals surface area contributed by atoms with E-state index in [4.69, 9.17) is 0 Å². The Kier molecular flexibility index (Phi) is 2.68. The maximum atomic E-state index is 13.9. The maximum Gasteiger partial charge on any atom is 0.224 e. The van der Waals surface area contributed by atoms with E-state index >= 15 is 0 Å². The first-order chi connectivity index (χ1) is 7.80. The highest BCUT2D eigenvalue weighted by Crippen LogP contribution is 2.34. The molecule has 0 bridgehead atoms. The number of amides is 1. The van der Waals surface area contributed by atoms with E-state index in [9.17, 15) is 13.6 Å². The first kappa shape index (κ1) is 12.0. The van der Waals surface area contributed by atoms with E-state index in [2.05, 4.69) is 5.32 Å². The lowest BCUT2D eigenvalue weighted by atomic mass is 9.84. The summed E-state index contributed by atoms with van der Waals surface area (Å²) in [6, 6.07) is 1.66. The van der Waals surface area contributed by atoms with Crippen molar-refractivity contribution in [1.82, 2.24) is 0 Å². The Morgan fingerprint density at radius 3 is 2.41 bits per heavy atom. The van der Waals surface area contributed by atoms with Crippen molar-refractivity contribution in [3.05, 3.63) is 28.8 Å². The lowest BCUT2D eigenvalue weighted by Crippen LogP contribution is -2.23. The second kappa shape index (κ2) is 3.79. The van der Waals surface area contributed by atoms with Gasteiger partial charge in [-0.05, 0) is 23.0 Å². The number of carbonyl (C=O) groups is 1. The van der Waals surface area contributed by atoms with E-state index in [0.717, 1.165) is 0 Å². The van der Waals surface area contributed by atoms with Crippen LogP contribution in [-0.4, -0.2) is 5.91 Å². The van der Waals surface area contributed by atoms with Gasteiger partial charge < -0.3 is 5.32 Å². The Labute approximate surface area is 99.0 Å². The van der Waals surface area contributed by atoms with Crippen LogP contribution >= 0.6 is 0 Å². The predicted octanol–water partition coefficient (Wildman–Crippen LogP) is 3.15. The van der Waals surface area contributed by atoms with Crippen LogP contribution in [0.2, 0.25) is 0 Å². The van der Waals surface area contributed by atoms with E-state index in [0.29, 0.717) is 24.0 Å². The van der Waals surface area contributed by atoms with Gasteiger partial charge in [0.1, 0.15) is 0 Å². The Hall–Kier alpha value is -1.45. The number of hydrogen-bond donors (Lipinski definition) is 1. The molecule has 2 nitrogen and oxygen atoms in total. The lowest BCUT2D eigenvalue weighted by molar-refractivity contribution is -0.116. The van der Waals surface area contributed by atoms with Crippen molar-refractivity contribution >= 4 is 11.6 Å². The van der Waals surface area contributed by atoms with Crippen LogP contribution in [0.3, 0.4) is 0 Å². The van der Waals surface area contributed by atoms with Gasteiger partial charge in [-0.25, -0.2) is 8.78 Å². The zero-order chi connectivity index (χ0) is 12.8. The fourth-order valence-electron chi connectivity index (χ4n) is 2.01. The van der Waals surface area contributed by atoms with E-state index in [1.807, 2.05) is 20.8 Å². The Balaban J connectivity index is 2.62. The molecule has 2 rings (SSSR count).